The first-order chi connectivity index (χ1) is 14.2. The maximum absolute atomic E-state index is 12.7. The van der Waals surface area contributed by atoms with E-state index in [1.807, 2.05) is 51.1 Å². The molecular weight excluding hydrogens is 378 g/mol. The monoisotopic (exact) mass is 407 g/mol. The molecule has 3 rings (SSSR count). The van der Waals surface area contributed by atoms with Gasteiger partial charge < -0.3 is 14.5 Å². The molecule has 0 aliphatic carbocycles. The number of hydrogen-bond donors (Lipinski definition) is 1. The number of benzene rings is 2. The van der Waals surface area contributed by atoms with Crippen LogP contribution in [0.25, 0.3) is 11.0 Å². The summed E-state index contributed by atoms with van der Waals surface area (Å²) in [5.41, 5.74) is 6.54. The smallest absolute Gasteiger partial charge is 0.311 e. The van der Waals surface area contributed by atoms with Crippen molar-refractivity contribution in [2.24, 2.45) is 0 Å². The van der Waals surface area contributed by atoms with Crippen molar-refractivity contribution >= 4 is 28.5 Å². The minimum absolute atomic E-state index is 0.0503. The van der Waals surface area contributed by atoms with Gasteiger partial charge in [0.15, 0.2) is 6.10 Å². The molecule has 0 aliphatic rings. The molecule has 30 heavy (non-hydrogen) atoms. The molecule has 1 amide bonds. The second kappa shape index (κ2) is 8.74. The Morgan fingerprint density at radius 1 is 1.03 bits per heavy atom. The van der Waals surface area contributed by atoms with E-state index in [-0.39, 0.29) is 18.2 Å². The maximum atomic E-state index is 12.7. The van der Waals surface area contributed by atoms with Gasteiger partial charge in [0, 0.05) is 16.6 Å². The molecule has 1 heterocycles. The Morgan fingerprint density at radius 3 is 2.47 bits per heavy atom. The number of nitrogens with one attached hydrogen (secondary N) is 1. The van der Waals surface area contributed by atoms with Gasteiger partial charge in [0.25, 0.3) is 5.91 Å². The van der Waals surface area contributed by atoms with E-state index in [0.29, 0.717) is 0 Å². The number of para-hydroxylation sites is 1. The predicted molar refractivity (Wildman–Crippen MR) is 119 cm³/mol. The summed E-state index contributed by atoms with van der Waals surface area (Å²) >= 11 is 0. The molecule has 1 N–H and O–H groups in total. The zero-order chi connectivity index (χ0) is 22.0. The van der Waals surface area contributed by atoms with Gasteiger partial charge in [-0.25, -0.2) is 0 Å². The summed E-state index contributed by atoms with van der Waals surface area (Å²) in [6.45, 7) is 11.7. The lowest BCUT2D eigenvalue weighted by molar-refractivity contribution is -0.152. The molecule has 2 aromatic carbocycles. The van der Waals surface area contributed by atoms with Crippen LogP contribution in [0.5, 0.6) is 0 Å². The van der Waals surface area contributed by atoms with Crippen LogP contribution in [0.1, 0.15) is 54.5 Å². The molecule has 0 aliphatic heterocycles. The van der Waals surface area contributed by atoms with Crippen molar-refractivity contribution < 1.29 is 18.7 Å². The highest BCUT2D eigenvalue weighted by atomic mass is 16.5. The van der Waals surface area contributed by atoms with Crippen molar-refractivity contribution in [2.75, 3.05) is 5.32 Å². The van der Waals surface area contributed by atoms with Crippen molar-refractivity contribution in [3.63, 3.8) is 0 Å². The van der Waals surface area contributed by atoms with Gasteiger partial charge in [-0.15, -0.1) is 0 Å². The quantitative estimate of drug-likeness (QED) is 0.541. The molecule has 0 saturated carbocycles. The third-order valence-corrected chi connectivity index (χ3v) is 5.53. The molecule has 0 fully saturated rings. The topological polar surface area (TPSA) is 68.5 Å². The minimum atomic E-state index is -0.903. The van der Waals surface area contributed by atoms with Crippen molar-refractivity contribution in [3.05, 3.63) is 64.4 Å². The standard InChI is InChI=1S/C25H29NO4/c1-14(2)20-9-7-8-16(4)23(20)26-25(28)18(6)30-22(27)12-19-13-29-24-17(5)15(3)10-11-21(19)24/h7-11,13-14,18H,12H2,1-6H3,(H,26,28)/t18-/m1/s1. The SMILES string of the molecule is Cc1cccc(C(C)C)c1NC(=O)[C@@H](C)OC(=O)Cc1coc2c(C)c(C)ccc12. The van der Waals surface area contributed by atoms with Gasteiger partial charge in [0.2, 0.25) is 0 Å². The number of amides is 1. The first-order valence-electron chi connectivity index (χ1n) is 10.2. The summed E-state index contributed by atoms with van der Waals surface area (Å²) in [7, 11) is 0. The molecule has 1 atom stereocenters. The van der Waals surface area contributed by atoms with Crippen LogP contribution >= 0.6 is 0 Å². The molecule has 5 heteroatoms. The number of carbonyl (C=O) groups excluding carboxylic acids is 2. The van der Waals surface area contributed by atoms with Gasteiger partial charge in [-0.05, 0) is 55.9 Å². The number of furan rings is 1. The molecular formula is C25H29NO4. The van der Waals surface area contributed by atoms with Crippen molar-refractivity contribution in [3.8, 4) is 0 Å². The number of rotatable bonds is 6. The van der Waals surface area contributed by atoms with Crippen molar-refractivity contribution in [1.29, 1.82) is 0 Å². The van der Waals surface area contributed by atoms with Crippen molar-refractivity contribution in [1.82, 2.24) is 0 Å². The van der Waals surface area contributed by atoms with Crippen LogP contribution in [0.4, 0.5) is 5.69 Å². The van der Waals surface area contributed by atoms with E-state index in [4.69, 9.17) is 9.15 Å². The molecule has 0 saturated heterocycles. The summed E-state index contributed by atoms with van der Waals surface area (Å²) in [6.07, 6.45) is 0.736. The van der Waals surface area contributed by atoms with Gasteiger partial charge in [0.1, 0.15) is 5.58 Å². The van der Waals surface area contributed by atoms with Crippen LogP contribution in [0.3, 0.4) is 0 Å². The zero-order valence-electron chi connectivity index (χ0n) is 18.5. The number of carbonyl (C=O) groups is 2. The lowest BCUT2D eigenvalue weighted by Gasteiger charge is -2.19. The molecule has 0 unspecified atom stereocenters. The normalized spacial score (nSPS) is 12.2. The number of ether oxygens (including phenoxy) is 1. The van der Waals surface area contributed by atoms with Gasteiger partial charge in [-0.2, -0.15) is 0 Å². The van der Waals surface area contributed by atoms with Crippen LogP contribution in [0, 0.1) is 20.8 Å². The largest absolute Gasteiger partial charge is 0.464 e. The number of aryl methyl sites for hydroxylation is 3. The van der Waals surface area contributed by atoms with Gasteiger partial charge in [0.05, 0.1) is 12.7 Å². The third kappa shape index (κ3) is 4.40. The number of esters is 1. The highest BCUT2D eigenvalue weighted by Gasteiger charge is 2.22. The molecule has 0 radical (unpaired) electrons. The number of hydrogen-bond acceptors (Lipinski definition) is 4. The highest BCUT2D eigenvalue weighted by Crippen LogP contribution is 2.28. The molecule has 0 bridgehead atoms. The Balaban J connectivity index is 1.68. The number of anilines is 1. The molecule has 158 valence electrons. The fourth-order valence-electron chi connectivity index (χ4n) is 3.54. The van der Waals surface area contributed by atoms with E-state index in [2.05, 4.69) is 19.2 Å². The molecule has 5 nitrogen and oxygen atoms in total. The lowest BCUT2D eigenvalue weighted by Crippen LogP contribution is -2.31. The molecule has 3 aromatic rings. The summed E-state index contributed by atoms with van der Waals surface area (Å²) in [5.74, 6) is -0.546. The fraction of sp³-hybridized carbons (Fsp3) is 0.360. The average Bonchev–Trinajstić information content (AvgIpc) is 3.09. The minimum Gasteiger partial charge on any atom is -0.464 e. The molecule has 0 spiro atoms. The van der Waals surface area contributed by atoms with Gasteiger partial charge >= 0.3 is 5.97 Å². The van der Waals surface area contributed by atoms with Crippen LogP contribution in [0.15, 0.2) is 41.0 Å². The van der Waals surface area contributed by atoms with Crippen LogP contribution < -0.4 is 5.32 Å². The van der Waals surface area contributed by atoms with Crippen LogP contribution in [-0.4, -0.2) is 18.0 Å². The Morgan fingerprint density at radius 2 is 1.77 bits per heavy atom. The summed E-state index contributed by atoms with van der Waals surface area (Å²) in [6, 6.07) is 9.88. The second-order valence-electron chi connectivity index (χ2n) is 8.14. The van der Waals surface area contributed by atoms with E-state index < -0.39 is 12.1 Å². The van der Waals surface area contributed by atoms with Crippen LogP contribution in [-0.2, 0) is 20.7 Å². The maximum Gasteiger partial charge on any atom is 0.311 e. The van der Waals surface area contributed by atoms with E-state index in [0.717, 1.165) is 44.5 Å². The predicted octanol–water partition coefficient (Wildman–Crippen LogP) is 5.59. The highest BCUT2D eigenvalue weighted by molar-refractivity contribution is 5.97. The zero-order valence-corrected chi connectivity index (χ0v) is 18.5. The Hall–Kier alpha value is -3.08. The second-order valence-corrected chi connectivity index (χ2v) is 8.14. The average molecular weight is 408 g/mol. The lowest BCUT2D eigenvalue weighted by atomic mass is 9.98. The first kappa shape index (κ1) is 21.6. The van der Waals surface area contributed by atoms with E-state index in [1.54, 1.807) is 13.2 Å². The van der Waals surface area contributed by atoms with Crippen molar-refractivity contribution in [2.45, 2.75) is 60.0 Å². The Labute approximate surface area is 177 Å². The Bertz CT molecular complexity index is 1090. The van der Waals surface area contributed by atoms with E-state index in [1.165, 1.54) is 0 Å². The van der Waals surface area contributed by atoms with E-state index in [9.17, 15) is 9.59 Å². The summed E-state index contributed by atoms with van der Waals surface area (Å²) in [5, 5.41) is 3.83. The van der Waals surface area contributed by atoms with E-state index >= 15 is 0 Å². The summed E-state index contributed by atoms with van der Waals surface area (Å²) < 4.78 is 11.1. The van der Waals surface area contributed by atoms with Gasteiger partial charge in [-0.3, -0.25) is 9.59 Å². The van der Waals surface area contributed by atoms with Crippen LogP contribution in [0.2, 0.25) is 0 Å². The fourth-order valence-corrected chi connectivity index (χ4v) is 3.54. The third-order valence-electron chi connectivity index (χ3n) is 5.53. The first-order valence-corrected chi connectivity index (χ1v) is 10.2. The Kier molecular flexibility index (Phi) is 6.30. The number of fused-ring (bicyclic) bond motifs is 1. The summed E-state index contributed by atoms with van der Waals surface area (Å²) in [4.78, 5) is 25.1. The molecule has 1 aromatic heterocycles. The van der Waals surface area contributed by atoms with Gasteiger partial charge in [-0.1, -0.05) is 44.2 Å².